The van der Waals surface area contributed by atoms with Crippen molar-refractivity contribution in [1.82, 2.24) is 5.32 Å². The summed E-state index contributed by atoms with van der Waals surface area (Å²) in [4.78, 5) is 26.8. The number of anilines is 2. The predicted octanol–water partition coefficient (Wildman–Crippen LogP) is 2.90. The quantitative estimate of drug-likeness (QED) is 0.807. The fourth-order valence-corrected chi connectivity index (χ4v) is 3.50. The maximum Gasteiger partial charge on any atom is 0.243 e. The number of amides is 2. The van der Waals surface area contributed by atoms with Crippen molar-refractivity contribution in [1.29, 1.82) is 0 Å². The molecule has 0 spiro atoms. The highest BCUT2D eigenvalue weighted by Crippen LogP contribution is 2.30. The molecule has 0 radical (unpaired) electrons. The summed E-state index contributed by atoms with van der Waals surface area (Å²) in [5.41, 5.74) is 3.97. The van der Waals surface area contributed by atoms with E-state index in [0.29, 0.717) is 11.4 Å². The summed E-state index contributed by atoms with van der Waals surface area (Å²) in [5, 5.41) is 5.51. The molecule has 2 aromatic rings. The van der Waals surface area contributed by atoms with Gasteiger partial charge in [0, 0.05) is 11.7 Å². The number of benzene rings is 2. The smallest absolute Gasteiger partial charge is 0.243 e. The summed E-state index contributed by atoms with van der Waals surface area (Å²) in [7, 11) is 1.56. The third-order valence-corrected chi connectivity index (χ3v) is 5.05. The molecule has 0 fully saturated rings. The van der Waals surface area contributed by atoms with Crippen LogP contribution in [0.4, 0.5) is 11.4 Å². The van der Waals surface area contributed by atoms with Gasteiger partial charge in [0.2, 0.25) is 11.8 Å². The molecule has 1 aliphatic heterocycles. The molecule has 1 heterocycles. The number of rotatable bonds is 6. The highest BCUT2D eigenvalue weighted by Gasteiger charge is 2.24. The summed E-state index contributed by atoms with van der Waals surface area (Å²) in [6, 6.07) is 14.0. The Hall–Kier alpha value is -3.02. The Morgan fingerprint density at radius 2 is 1.96 bits per heavy atom. The largest absolute Gasteiger partial charge is 0.495 e. The van der Waals surface area contributed by atoms with Gasteiger partial charge in [-0.05, 0) is 56.0 Å². The first-order valence-corrected chi connectivity index (χ1v) is 9.53. The van der Waals surface area contributed by atoms with E-state index in [2.05, 4.69) is 34.6 Å². The normalized spacial score (nSPS) is 15.5. The van der Waals surface area contributed by atoms with E-state index in [1.165, 1.54) is 5.56 Å². The molecule has 0 saturated carbocycles. The van der Waals surface area contributed by atoms with Gasteiger partial charge in [0.1, 0.15) is 5.75 Å². The summed E-state index contributed by atoms with van der Waals surface area (Å²) in [6.07, 6.45) is 2.04. The van der Waals surface area contributed by atoms with Crippen LogP contribution < -0.4 is 20.3 Å². The van der Waals surface area contributed by atoms with Crippen molar-refractivity contribution in [2.75, 3.05) is 30.4 Å². The first-order valence-electron chi connectivity index (χ1n) is 9.53. The Morgan fingerprint density at radius 3 is 2.75 bits per heavy atom. The van der Waals surface area contributed by atoms with Gasteiger partial charge in [-0.25, -0.2) is 0 Å². The molecule has 1 atom stereocenters. The third kappa shape index (κ3) is 4.63. The van der Waals surface area contributed by atoms with Crippen molar-refractivity contribution >= 4 is 23.2 Å². The van der Waals surface area contributed by atoms with Crippen molar-refractivity contribution in [3.8, 4) is 5.75 Å². The number of hydrogen-bond acceptors (Lipinski definition) is 4. The maximum absolute atomic E-state index is 12.4. The van der Waals surface area contributed by atoms with Gasteiger partial charge in [-0.1, -0.05) is 24.3 Å². The molecule has 1 aliphatic rings. The number of nitrogens with one attached hydrogen (secondary N) is 2. The molecule has 0 aromatic heterocycles. The standard InChI is InChI=1S/C22H27N3O3/c1-15-8-11-20(28-3)18(12-15)24-21(26)13-23-22(27)14-25-16(2)9-10-17-6-4-5-7-19(17)25/h4-8,11-12,16H,9-10,13-14H2,1-3H3,(H,23,27)(H,24,26)/t16-/m0/s1. The third-order valence-electron chi connectivity index (χ3n) is 5.05. The Balaban J connectivity index is 1.56. The van der Waals surface area contributed by atoms with Gasteiger partial charge >= 0.3 is 0 Å². The minimum atomic E-state index is -0.288. The average Bonchev–Trinajstić information content (AvgIpc) is 2.69. The maximum atomic E-state index is 12.4. The van der Waals surface area contributed by atoms with Crippen LogP contribution in [0.5, 0.6) is 5.75 Å². The SMILES string of the molecule is COc1ccc(C)cc1NC(=O)CNC(=O)CN1c2ccccc2CC[C@@H]1C. The summed E-state index contributed by atoms with van der Waals surface area (Å²) in [5.74, 6) is 0.128. The second kappa shape index (κ2) is 8.78. The van der Waals surface area contributed by atoms with Gasteiger partial charge in [-0.3, -0.25) is 9.59 Å². The van der Waals surface area contributed by atoms with Crippen LogP contribution in [0.15, 0.2) is 42.5 Å². The lowest BCUT2D eigenvalue weighted by Crippen LogP contribution is -2.45. The minimum Gasteiger partial charge on any atom is -0.495 e. The molecule has 28 heavy (non-hydrogen) atoms. The van der Waals surface area contributed by atoms with Crippen LogP contribution in [0.25, 0.3) is 0 Å². The van der Waals surface area contributed by atoms with Crippen molar-refractivity contribution in [3.05, 3.63) is 53.6 Å². The number of carbonyl (C=O) groups excluding carboxylic acids is 2. The molecule has 0 saturated heterocycles. The second-order valence-electron chi connectivity index (χ2n) is 7.17. The molecular weight excluding hydrogens is 354 g/mol. The van der Waals surface area contributed by atoms with Crippen LogP contribution in [0.1, 0.15) is 24.5 Å². The molecular formula is C22H27N3O3. The van der Waals surface area contributed by atoms with Crippen molar-refractivity contribution in [2.24, 2.45) is 0 Å². The van der Waals surface area contributed by atoms with Gasteiger partial charge in [0.05, 0.1) is 25.9 Å². The molecule has 2 N–H and O–H groups in total. The molecule has 148 valence electrons. The predicted molar refractivity (Wildman–Crippen MR) is 111 cm³/mol. The van der Waals surface area contributed by atoms with E-state index in [4.69, 9.17) is 4.74 Å². The van der Waals surface area contributed by atoms with Crippen molar-refractivity contribution in [3.63, 3.8) is 0 Å². The van der Waals surface area contributed by atoms with Crippen LogP contribution in [0.2, 0.25) is 0 Å². The van der Waals surface area contributed by atoms with E-state index in [1.54, 1.807) is 13.2 Å². The zero-order chi connectivity index (χ0) is 20.1. The number of para-hydroxylation sites is 1. The van der Waals surface area contributed by atoms with E-state index >= 15 is 0 Å². The van der Waals surface area contributed by atoms with E-state index in [9.17, 15) is 9.59 Å². The summed E-state index contributed by atoms with van der Waals surface area (Å²) < 4.78 is 5.26. The number of fused-ring (bicyclic) bond motifs is 1. The van der Waals surface area contributed by atoms with E-state index in [1.807, 2.05) is 31.2 Å². The fourth-order valence-electron chi connectivity index (χ4n) is 3.50. The lowest BCUT2D eigenvalue weighted by Gasteiger charge is -2.36. The van der Waals surface area contributed by atoms with Crippen LogP contribution in [0.3, 0.4) is 0 Å². The second-order valence-corrected chi connectivity index (χ2v) is 7.17. The number of hydrogen-bond donors (Lipinski definition) is 2. The number of ether oxygens (including phenoxy) is 1. The molecule has 0 bridgehead atoms. The first-order chi connectivity index (χ1) is 13.5. The van der Waals surface area contributed by atoms with Gasteiger partial charge in [-0.2, -0.15) is 0 Å². The lowest BCUT2D eigenvalue weighted by molar-refractivity contribution is -0.123. The van der Waals surface area contributed by atoms with Gasteiger partial charge < -0.3 is 20.3 Å². The molecule has 6 nitrogen and oxygen atoms in total. The summed E-state index contributed by atoms with van der Waals surface area (Å²) >= 11 is 0. The highest BCUT2D eigenvalue weighted by molar-refractivity contribution is 5.96. The Morgan fingerprint density at radius 1 is 1.18 bits per heavy atom. The van der Waals surface area contributed by atoms with Crippen LogP contribution >= 0.6 is 0 Å². The summed E-state index contributed by atoms with van der Waals surface area (Å²) in [6.45, 7) is 4.22. The topological polar surface area (TPSA) is 70.7 Å². The van der Waals surface area contributed by atoms with Gasteiger partial charge in [0.25, 0.3) is 0 Å². The van der Waals surface area contributed by atoms with Crippen LogP contribution in [-0.2, 0) is 16.0 Å². The molecule has 2 amide bonds. The zero-order valence-corrected chi connectivity index (χ0v) is 16.6. The average molecular weight is 381 g/mol. The number of nitrogens with zero attached hydrogens (tertiary/aromatic N) is 1. The Bertz CT molecular complexity index is 866. The number of methoxy groups -OCH3 is 1. The Labute approximate surface area is 165 Å². The fraction of sp³-hybridized carbons (Fsp3) is 0.364. The monoisotopic (exact) mass is 381 g/mol. The number of aryl methyl sites for hydroxylation is 2. The van der Waals surface area contributed by atoms with E-state index in [0.717, 1.165) is 24.1 Å². The molecule has 3 rings (SSSR count). The van der Waals surface area contributed by atoms with Crippen molar-refractivity contribution < 1.29 is 14.3 Å². The molecule has 2 aromatic carbocycles. The lowest BCUT2D eigenvalue weighted by atomic mass is 9.97. The highest BCUT2D eigenvalue weighted by atomic mass is 16.5. The number of carbonyl (C=O) groups is 2. The molecule has 0 unspecified atom stereocenters. The van der Waals surface area contributed by atoms with E-state index in [-0.39, 0.29) is 30.9 Å². The van der Waals surface area contributed by atoms with Gasteiger partial charge in [0.15, 0.2) is 0 Å². The molecule has 6 heteroatoms. The van der Waals surface area contributed by atoms with Crippen molar-refractivity contribution in [2.45, 2.75) is 32.7 Å². The Kier molecular flexibility index (Phi) is 6.19. The van der Waals surface area contributed by atoms with E-state index < -0.39 is 0 Å². The molecule has 0 aliphatic carbocycles. The van der Waals surface area contributed by atoms with Crippen LogP contribution in [0, 0.1) is 6.92 Å². The van der Waals surface area contributed by atoms with Gasteiger partial charge in [-0.15, -0.1) is 0 Å². The first kappa shape index (κ1) is 19.7. The zero-order valence-electron chi connectivity index (χ0n) is 16.6. The van der Waals surface area contributed by atoms with Crippen LogP contribution in [-0.4, -0.2) is 38.1 Å². The minimum absolute atomic E-state index is 0.0835.